The van der Waals surface area contributed by atoms with E-state index in [-0.39, 0.29) is 30.5 Å². The lowest BCUT2D eigenvalue weighted by Gasteiger charge is -2.48. The average molecular weight is 498 g/mol. The summed E-state index contributed by atoms with van der Waals surface area (Å²) in [6.45, 7) is 1.51. The molecule has 10 heteroatoms. The number of aromatic nitrogens is 3. The standard InChI is InChI=1S/C26H29F2N5O3/c1-16(34)32-22(9-17-7-18(27)10-19(28)8-17)24(35)13-30-23-12-26(5-2-6-26)36-25-4-3-20(11-21(23)25)33-15-29-14-31-33/h3-4,7-8,10-11,14-15,22-24,30,35H,2,5-6,9,12-13H2,1H3,(H,32,34)/t22-,23-,24+/m0/s1. The number of hydrogen-bond donors (Lipinski definition) is 3. The van der Waals surface area contributed by atoms with Gasteiger partial charge in [-0.1, -0.05) is 0 Å². The summed E-state index contributed by atoms with van der Waals surface area (Å²) in [5.74, 6) is -0.942. The minimum Gasteiger partial charge on any atom is -0.487 e. The van der Waals surface area contributed by atoms with E-state index in [9.17, 15) is 18.7 Å². The Morgan fingerprint density at radius 1 is 1.25 bits per heavy atom. The molecule has 2 heterocycles. The molecule has 2 aliphatic rings. The van der Waals surface area contributed by atoms with Crippen molar-refractivity contribution >= 4 is 5.91 Å². The molecular formula is C26H29F2N5O3. The van der Waals surface area contributed by atoms with Crippen LogP contribution in [-0.2, 0) is 11.2 Å². The molecule has 3 atom stereocenters. The van der Waals surface area contributed by atoms with Crippen molar-refractivity contribution in [2.45, 2.75) is 62.8 Å². The zero-order valence-electron chi connectivity index (χ0n) is 20.0. The summed E-state index contributed by atoms with van der Waals surface area (Å²) in [7, 11) is 0. The van der Waals surface area contributed by atoms with Gasteiger partial charge in [-0.25, -0.2) is 18.4 Å². The van der Waals surface area contributed by atoms with Gasteiger partial charge in [0.15, 0.2) is 0 Å². The molecule has 1 aliphatic heterocycles. The molecule has 1 aliphatic carbocycles. The van der Waals surface area contributed by atoms with E-state index in [4.69, 9.17) is 4.74 Å². The Hall–Kier alpha value is -3.37. The molecule has 190 valence electrons. The van der Waals surface area contributed by atoms with Crippen molar-refractivity contribution in [3.05, 3.63) is 71.8 Å². The van der Waals surface area contributed by atoms with Crippen LogP contribution in [0.3, 0.4) is 0 Å². The second-order valence-electron chi connectivity index (χ2n) is 9.72. The Bertz CT molecular complexity index is 1210. The van der Waals surface area contributed by atoms with Crippen LogP contribution in [0.5, 0.6) is 5.75 Å². The van der Waals surface area contributed by atoms with E-state index in [1.165, 1.54) is 25.4 Å². The van der Waals surface area contributed by atoms with Crippen LogP contribution in [-0.4, -0.2) is 50.1 Å². The topological polar surface area (TPSA) is 101 Å². The van der Waals surface area contributed by atoms with Gasteiger partial charge >= 0.3 is 0 Å². The average Bonchev–Trinajstić information content (AvgIpc) is 3.34. The van der Waals surface area contributed by atoms with Crippen LogP contribution < -0.4 is 15.4 Å². The lowest BCUT2D eigenvalue weighted by molar-refractivity contribution is -0.120. The molecule has 0 saturated heterocycles. The number of nitrogens with one attached hydrogen (secondary N) is 2. The summed E-state index contributed by atoms with van der Waals surface area (Å²) in [4.78, 5) is 15.8. The molecular weight excluding hydrogens is 468 g/mol. The van der Waals surface area contributed by atoms with Crippen molar-refractivity contribution < 1.29 is 23.4 Å². The first kappa shape index (κ1) is 24.3. The third-order valence-corrected chi connectivity index (χ3v) is 7.02. The highest BCUT2D eigenvalue weighted by Crippen LogP contribution is 2.49. The highest BCUT2D eigenvalue weighted by Gasteiger charge is 2.45. The summed E-state index contributed by atoms with van der Waals surface area (Å²) in [6, 6.07) is 8.25. The molecule has 1 spiro atoms. The van der Waals surface area contributed by atoms with E-state index >= 15 is 0 Å². The number of ether oxygens (including phenoxy) is 1. The highest BCUT2D eigenvalue weighted by atomic mass is 19.1. The van der Waals surface area contributed by atoms with Crippen molar-refractivity contribution in [2.24, 2.45) is 0 Å². The molecule has 1 saturated carbocycles. The van der Waals surface area contributed by atoms with Crippen LogP contribution in [0.2, 0.25) is 0 Å². The fourth-order valence-electron chi connectivity index (χ4n) is 5.13. The zero-order chi connectivity index (χ0) is 25.3. The van der Waals surface area contributed by atoms with Crippen molar-refractivity contribution in [3.63, 3.8) is 0 Å². The van der Waals surface area contributed by atoms with E-state index in [2.05, 4.69) is 20.7 Å². The first-order valence-corrected chi connectivity index (χ1v) is 12.1. The number of hydrogen-bond acceptors (Lipinski definition) is 6. The number of carbonyl (C=O) groups is 1. The minimum absolute atomic E-state index is 0.0852. The molecule has 8 nitrogen and oxygen atoms in total. The maximum atomic E-state index is 13.7. The Balaban J connectivity index is 1.34. The molecule has 2 aromatic carbocycles. The van der Waals surface area contributed by atoms with Crippen LogP contribution >= 0.6 is 0 Å². The lowest BCUT2D eigenvalue weighted by atomic mass is 9.73. The maximum Gasteiger partial charge on any atom is 0.217 e. The van der Waals surface area contributed by atoms with Gasteiger partial charge in [0, 0.05) is 37.6 Å². The van der Waals surface area contributed by atoms with Crippen LogP contribution in [0.4, 0.5) is 8.78 Å². The SMILES string of the molecule is CC(=O)N[C@@H](Cc1cc(F)cc(F)c1)[C@H](O)CN[C@H]1CC2(CCC2)Oc2ccc(-n3cncn3)cc21. The molecule has 0 unspecified atom stereocenters. The summed E-state index contributed by atoms with van der Waals surface area (Å²) in [5, 5.41) is 21.4. The Morgan fingerprint density at radius 3 is 2.67 bits per heavy atom. The molecule has 5 rings (SSSR count). The van der Waals surface area contributed by atoms with Gasteiger partial charge in [-0.3, -0.25) is 4.79 Å². The summed E-state index contributed by atoms with van der Waals surface area (Å²) in [6.07, 6.45) is 5.97. The lowest BCUT2D eigenvalue weighted by Crippen LogP contribution is -2.52. The van der Waals surface area contributed by atoms with Gasteiger partial charge in [-0.15, -0.1) is 0 Å². The number of fused-ring (bicyclic) bond motifs is 1. The minimum atomic E-state index is -0.998. The van der Waals surface area contributed by atoms with Gasteiger partial charge in [-0.05, 0) is 61.6 Å². The van der Waals surface area contributed by atoms with Gasteiger partial charge in [0.25, 0.3) is 0 Å². The van der Waals surface area contributed by atoms with Crippen LogP contribution in [0.15, 0.2) is 49.1 Å². The van der Waals surface area contributed by atoms with Gasteiger partial charge in [-0.2, -0.15) is 5.10 Å². The van der Waals surface area contributed by atoms with Crippen molar-refractivity contribution in [1.82, 2.24) is 25.4 Å². The number of nitrogens with zero attached hydrogens (tertiary/aromatic N) is 3. The maximum absolute atomic E-state index is 13.7. The molecule has 1 amide bonds. The van der Waals surface area contributed by atoms with E-state index in [0.29, 0.717) is 5.56 Å². The third-order valence-electron chi connectivity index (χ3n) is 7.02. The highest BCUT2D eigenvalue weighted by molar-refractivity contribution is 5.73. The van der Waals surface area contributed by atoms with E-state index in [0.717, 1.165) is 48.8 Å². The number of halogens is 2. The van der Waals surface area contributed by atoms with Gasteiger partial charge in [0.2, 0.25) is 5.91 Å². The Kier molecular flexibility index (Phi) is 6.72. The summed E-state index contributed by atoms with van der Waals surface area (Å²) >= 11 is 0. The predicted octanol–water partition coefficient (Wildman–Crippen LogP) is 2.99. The van der Waals surface area contributed by atoms with Crippen LogP contribution in [0.25, 0.3) is 5.69 Å². The first-order chi connectivity index (χ1) is 17.3. The zero-order valence-corrected chi connectivity index (χ0v) is 20.0. The third kappa shape index (κ3) is 5.24. The van der Waals surface area contributed by atoms with Gasteiger partial charge in [0.1, 0.15) is 35.6 Å². The second-order valence-corrected chi connectivity index (χ2v) is 9.72. The molecule has 3 N–H and O–H groups in total. The number of aliphatic hydroxyl groups is 1. The predicted molar refractivity (Wildman–Crippen MR) is 128 cm³/mol. The molecule has 3 aromatic rings. The molecule has 1 aromatic heterocycles. The van der Waals surface area contributed by atoms with Crippen LogP contribution in [0.1, 0.15) is 49.8 Å². The molecule has 0 bridgehead atoms. The Morgan fingerprint density at radius 2 is 2.03 bits per heavy atom. The van der Waals surface area contributed by atoms with Crippen molar-refractivity contribution in [3.8, 4) is 11.4 Å². The van der Waals surface area contributed by atoms with E-state index < -0.39 is 23.8 Å². The van der Waals surface area contributed by atoms with Gasteiger partial charge in [0.05, 0.1) is 17.8 Å². The first-order valence-electron chi connectivity index (χ1n) is 12.1. The van der Waals surface area contributed by atoms with Crippen molar-refractivity contribution in [1.29, 1.82) is 0 Å². The molecule has 1 fully saturated rings. The smallest absolute Gasteiger partial charge is 0.217 e. The number of amides is 1. The number of rotatable bonds is 8. The van der Waals surface area contributed by atoms with Gasteiger partial charge < -0.3 is 20.5 Å². The number of aliphatic hydroxyl groups excluding tert-OH is 1. The summed E-state index contributed by atoms with van der Waals surface area (Å²) < 4.78 is 35.5. The van der Waals surface area contributed by atoms with Crippen molar-refractivity contribution in [2.75, 3.05) is 6.54 Å². The number of benzene rings is 2. The summed E-state index contributed by atoms with van der Waals surface area (Å²) in [5.41, 5.74) is 1.93. The fourth-order valence-corrected chi connectivity index (χ4v) is 5.13. The van der Waals surface area contributed by atoms with E-state index in [1.807, 2.05) is 18.2 Å². The quantitative estimate of drug-likeness (QED) is 0.442. The Labute approximate surface area is 207 Å². The van der Waals surface area contributed by atoms with Crippen LogP contribution in [0, 0.1) is 11.6 Å². The number of carbonyl (C=O) groups excluding carboxylic acids is 1. The molecule has 36 heavy (non-hydrogen) atoms. The fraction of sp³-hybridized carbons (Fsp3) is 0.423. The molecule has 0 radical (unpaired) electrons. The second kappa shape index (κ2) is 9.94. The normalized spacial score (nSPS) is 19.6. The van der Waals surface area contributed by atoms with E-state index in [1.54, 1.807) is 11.0 Å². The monoisotopic (exact) mass is 497 g/mol. The largest absolute Gasteiger partial charge is 0.487 e.